The van der Waals surface area contributed by atoms with Crippen LogP contribution in [-0.4, -0.2) is 41.9 Å². The number of rotatable bonds is 4. The first kappa shape index (κ1) is 15.9. The molecule has 0 aromatic heterocycles. The van der Waals surface area contributed by atoms with Crippen LogP contribution < -0.4 is 4.90 Å². The molecule has 1 amide bonds. The van der Waals surface area contributed by atoms with Crippen LogP contribution in [0.25, 0.3) is 0 Å². The molecule has 0 radical (unpaired) electrons. The molecule has 1 aromatic carbocycles. The van der Waals surface area contributed by atoms with Crippen molar-refractivity contribution in [1.82, 2.24) is 4.90 Å². The normalized spacial score (nSPS) is 22.0. The van der Waals surface area contributed by atoms with E-state index in [4.69, 9.17) is 0 Å². The predicted octanol–water partition coefficient (Wildman–Crippen LogP) is 2.75. The zero-order valence-corrected chi connectivity index (χ0v) is 13.5. The highest BCUT2D eigenvalue weighted by Gasteiger charge is 2.26. The van der Waals surface area contributed by atoms with Crippen molar-refractivity contribution in [3.8, 4) is 0 Å². The summed E-state index contributed by atoms with van der Waals surface area (Å²) in [6.07, 6.45) is 5.36. The monoisotopic (exact) mass is 317 g/mol. The van der Waals surface area contributed by atoms with Crippen molar-refractivity contribution in [2.45, 2.75) is 44.6 Å². The Balaban J connectivity index is 1.81. The third-order valence-corrected chi connectivity index (χ3v) is 5.06. The average Bonchev–Trinajstić information content (AvgIpc) is 2.86. The Morgan fingerprint density at radius 1 is 1.30 bits per heavy atom. The van der Waals surface area contributed by atoms with Gasteiger partial charge in [-0.3, -0.25) is 14.9 Å². The molecule has 1 aromatic rings. The van der Waals surface area contributed by atoms with Crippen LogP contribution in [0.5, 0.6) is 0 Å². The van der Waals surface area contributed by atoms with Crippen LogP contribution in [0.3, 0.4) is 0 Å². The lowest BCUT2D eigenvalue weighted by Crippen LogP contribution is -2.35. The van der Waals surface area contributed by atoms with E-state index in [0.29, 0.717) is 19.0 Å². The highest BCUT2D eigenvalue weighted by molar-refractivity contribution is 5.95. The molecule has 1 fully saturated rings. The number of nitro groups is 1. The van der Waals surface area contributed by atoms with Gasteiger partial charge >= 0.3 is 0 Å². The average molecular weight is 317 g/mol. The Bertz CT molecular complexity index is 617. The van der Waals surface area contributed by atoms with Crippen molar-refractivity contribution >= 4 is 17.3 Å². The molecule has 1 unspecified atom stereocenters. The molecule has 1 saturated heterocycles. The smallest absolute Gasteiger partial charge is 0.269 e. The Morgan fingerprint density at radius 3 is 2.83 bits per heavy atom. The minimum absolute atomic E-state index is 0.105. The highest BCUT2D eigenvalue weighted by Crippen LogP contribution is 2.31. The molecular weight excluding hydrogens is 294 g/mol. The predicted molar refractivity (Wildman–Crippen MR) is 88.7 cm³/mol. The number of hydrogen-bond donors (Lipinski definition) is 0. The summed E-state index contributed by atoms with van der Waals surface area (Å²) in [4.78, 5) is 27.3. The van der Waals surface area contributed by atoms with E-state index < -0.39 is 0 Å². The molecule has 0 spiro atoms. The number of amides is 1. The van der Waals surface area contributed by atoms with Crippen LogP contribution in [0.2, 0.25) is 0 Å². The standard InChI is InChI=1S/C17H23N3O3/c1-18-10-3-5-14(18)9-11-19-16-8-7-15(20(22)23)12-13(16)4-2-6-17(19)21/h7-8,12,14H,2-6,9-11H2,1H3. The lowest BCUT2D eigenvalue weighted by Gasteiger charge is -2.26. The van der Waals surface area contributed by atoms with Gasteiger partial charge in [0.2, 0.25) is 5.91 Å². The van der Waals surface area contributed by atoms with Gasteiger partial charge in [-0.2, -0.15) is 0 Å². The maximum atomic E-state index is 12.5. The summed E-state index contributed by atoms with van der Waals surface area (Å²) in [6, 6.07) is 5.41. The number of aryl methyl sites for hydroxylation is 1. The third-order valence-electron chi connectivity index (χ3n) is 5.06. The number of nitrogens with zero attached hydrogens (tertiary/aromatic N) is 3. The number of nitro benzene ring substituents is 1. The zero-order valence-electron chi connectivity index (χ0n) is 13.5. The van der Waals surface area contributed by atoms with Crippen molar-refractivity contribution < 1.29 is 9.72 Å². The molecule has 6 nitrogen and oxygen atoms in total. The van der Waals surface area contributed by atoms with Gasteiger partial charge in [-0.25, -0.2) is 0 Å². The van der Waals surface area contributed by atoms with Crippen molar-refractivity contribution in [2.75, 3.05) is 25.0 Å². The summed E-state index contributed by atoms with van der Waals surface area (Å²) in [5, 5.41) is 11.0. The molecule has 0 bridgehead atoms. The number of non-ortho nitro benzene ring substituents is 1. The molecule has 124 valence electrons. The second kappa shape index (κ2) is 6.66. The number of anilines is 1. The first-order valence-electron chi connectivity index (χ1n) is 8.34. The molecule has 2 aliphatic heterocycles. The van der Waals surface area contributed by atoms with E-state index in [9.17, 15) is 14.9 Å². The third kappa shape index (κ3) is 3.37. The van der Waals surface area contributed by atoms with Crippen LogP contribution in [0, 0.1) is 10.1 Å². The fourth-order valence-electron chi connectivity index (χ4n) is 3.72. The SMILES string of the molecule is CN1CCCC1CCN1C(=O)CCCc2cc([N+](=O)[O-])ccc21. The number of hydrogen-bond acceptors (Lipinski definition) is 4. The Kier molecular flexibility index (Phi) is 4.61. The number of carbonyl (C=O) groups is 1. The van der Waals surface area contributed by atoms with Crippen LogP contribution in [0.15, 0.2) is 18.2 Å². The summed E-state index contributed by atoms with van der Waals surface area (Å²) in [5.41, 5.74) is 1.89. The lowest BCUT2D eigenvalue weighted by atomic mass is 10.1. The van der Waals surface area contributed by atoms with Gasteiger partial charge in [0.05, 0.1) is 4.92 Å². The van der Waals surface area contributed by atoms with Crippen LogP contribution in [-0.2, 0) is 11.2 Å². The van der Waals surface area contributed by atoms with Gasteiger partial charge in [-0.1, -0.05) is 0 Å². The van der Waals surface area contributed by atoms with E-state index in [1.54, 1.807) is 12.1 Å². The largest absolute Gasteiger partial charge is 0.312 e. The van der Waals surface area contributed by atoms with Gasteiger partial charge in [0.15, 0.2) is 0 Å². The van der Waals surface area contributed by atoms with Crippen molar-refractivity contribution in [3.63, 3.8) is 0 Å². The van der Waals surface area contributed by atoms with E-state index in [-0.39, 0.29) is 16.5 Å². The number of benzene rings is 1. The number of carbonyl (C=O) groups excluding carboxylic acids is 1. The molecule has 3 rings (SSSR count). The maximum absolute atomic E-state index is 12.5. The van der Waals surface area contributed by atoms with Crippen molar-refractivity contribution in [2.24, 2.45) is 0 Å². The van der Waals surface area contributed by atoms with E-state index in [2.05, 4.69) is 11.9 Å². The molecule has 0 saturated carbocycles. The Labute approximate surface area is 136 Å². The number of likely N-dealkylation sites (tertiary alicyclic amines) is 1. The topological polar surface area (TPSA) is 66.7 Å². The second-order valence-electron chi connectivity index (χ2n) is 6.53. The highest BCUT2D eigenvalue weighted by atomic mass is 16.6. The molecule has 2 aliphatic rings. The Hall–Kier alpha value is -1.95. The molecule has 6 heteroatoms. The minimum atomic E-state index is -0.370. The fraction of sp³-hybridized carbons (Fsp3) is 0.588. The summed E-state index contributed by atoms with van der Waals surface area (Å²) in [5.74, 6) is 0.137. The van der Waals surface area contributed by atoms with E-state index in [0.717, 1.165) is 37.1 Å². The van der Waals surface area contributed by atoms with Gasteiger partial charge in [0.1, 0.15) is 0 Å². The van der Waals surface area contributed by atoms with Gasteiger partial charge in [-0.05, 0) is 57.3 Å². The quantitative estimate of drug-likeness (QED) is 0.632. The summed E-state index contributed by atoms with van der Waals surface area (Å²) in [7, 11) is 2.14. The van der Waals surface area contributed by atoms with E-state index in [1.165, 1.54) is 18.9 Å². The van der Waals surface area contributed by atoms with Crippen LogP contribution in [0.1, 0.15) is 37.7 Å². The van der Waals surface area contributed by atoms with Gasteiger partial charge in [-0.15, -0.1) is 0 Å². The summed E-state index contributed by atoms with van der Waals surface area (Å²) in [6.45, 7) is 1.82. The molecule has 23 heavy (non-hydrogen) atoms. The number of fused-ring (bicyclic) bond motifs is 1. The molecular formula is C17H23N3O3. The van der Waals surface area contributed by atoms with Crippen LogP contribution >= 0.6 is 0 Å². The van der Waals surface area contributed by atoms with Crippen molar-refractivity contribution in [3.05, 3.63) is 33.9 Å². The van der Waals surface area contributed by atoms with Gasteiger partial charge in [0.25, 0.3) is 5.69 Å². The van der Waals surface area contributed by atoms with Crippen LogP contribution in [0.4, 0.5) is 11.4 Å². The van der Waals surface area contributed by atoms with Crippen molar-refractivity contribution in [1.29, 1.82) is 0 Å². The molecule has 2 heterocycles. The summed E-state index contributed by atoms with van der Waals surface area (Å²) < 4.78 is 0. The molecule has 0 aliphatic carbocycles. The lowest BCUT2D eigenvalue weighted by molar-refractivity contribution is -0.384. The van der Waals surface area contributed by atoms with Gasteiger partial charge < -0.3 is 9.80 Å². The zero-order chi connectivity index (χ0) is 16.4. The fourth-order valence-corrected chi connectivity index (χ4v) is 3.72. The molecule has 1 atom stereocenters. The first-order valence-corrected chi connectivity index (χ1v) is 8.34. The van der Waals surface area contributed by atoms with E-state index >= 15 is 0 Å². The first-order chi connectivity index (χ1) is 11.1. The Morgan fingerprint density at radius 2 is 2.13 bits per heavy atom. The summed E-state index contributed by atoms with van der Waals surface area (Å²) >= 11 is 0. The second-order valence-corrected chi connectivity index (χ2v) is 6.53. The maximum Gasteiger partial charge on any atom is 0.269 e. The molecule has 0 N–H and O–H groups in total. The van der Waals surface area contributed by atoms with E-state index in [1.807, 2.05) is 4.90 Å². The minimum Gasteiger partial charge on any atom is -0.312 e. The van der Waals surface area contributed by atoms with Gasteiger partial charge in [0, 0.05) is 36.8 Å².